The molecule has 1 heterocycles. The summed E-state index contributed by atoms with van der Waals surface area (Å²) < 4.78 is 29.9. The van der Waals surface area contributed by atoms with Gasteiger partial charge in [-0.15, -0.1) is 5.10 Å². The van der Waals surface area contributed by atoms with Crippen LogP contribution in [0.15, 0.2) is 41.7 Å². The zero-order valence-corrected chi connectivity index (χ0v) is 12.9. The average molecular weight is 319 g/mol. The molecule has 6 nitrogen and oxygen atoms in total. The van der Waals surface area contributed by atoms with E-state index in [1.807, 2.05) is 30.3 Å². The zero-order valence-electron chi connectivity index (χ0n) is 12.1. The van der Waals surface area contributed by atoms with Crippen LogP contribution in [0.5, 0.6) is 0 Å². The van der Waals surface area contributed by atoms with E-state index in [2.05, 4.69) is 15.2 Å². The molecular weight excluding hydrogens is 302 g/mol. The Bertz CT molecular complexity index is 729. The van der Waals surface area contributed by atoms with E-state index >= 15 is 0 Å². The predicted molar refractivity (Wildman–Crippen MR) is 80.4 cm³/mol. The lowest BCUT2D eigenvalue weighted by atomic mass is 9.98. The first-order valence-corrected chi connectivity index (χ1v) is 8.74. The molecule has 0 radical (unpaired) electrons. The van der Waals surface area contributed by atoms with E-state index in [1.165, 1.54) is 6.20 Å². The van der Waals surface area contributed by atoms with Crippen LogP contribution in [0.3, 0.4) is 0 Å². The Labute approximate surface area is 129 Å². The molecule has 1 saturated carbocycles. The summed E-state index contributed by atoms with van der Waals surface area (Å²) in [5, 5.41) is 7.00. The van der Waals surface area contributed by atoms with Gasteiger partial charge in [0, 0.05) is 5.56 Å². The van der Waals surface area contributed by atoms with Gasteiger partial charge >= 0.3 is 10.1 Å². The molecule has 3 rings (SSSR count). The molecule has 0 amide bonds. The Hall–Kier alpha value is -1.86. The van der Waals surface area contributed by atoms with Crippen molar-refractivity contribution in [1.82, 2.24) is 15.2 Å². The molecule has 0 saturated heterocycles. The summed E-state index contributed by atoms with van der Waals surface area (Å²) in [6.45, 7) is 0. The summed E-state index contributed by atoms with van der Waals surface area (Å²) in [5.41, 5.74) is 1.24. The summed E-state index contributed by atoms with van der Waals surface area (Å²) in [7, 11) is -3.98. The van der Waals surface area contributed by atoms with Gasteiger partial charge in [0.25, 0.3) is 5.16 Å². The molecular formula is C15H17N3O3S. The molecule has 1 fully saturated rings. The van der Waals surface area contributed by atoms with E-state index in [9.17, 15) is 8.42 Å². The van der Waals surface area contributed by atoms with Crippen molar-refractivity contribution in [2.45, 2.75) is 43.4 Å². The maximum atomic E-state index is 12.3. The highest BCUT2D eigenvalue weighted by Crippen LogP contribution is 2.24. The fourth-order valence-corrected chi connectivity index (χ4v) is 3.52. The van der Waals surface area contributed by atoms with Crippen LogP contribution in [0.25, 0.3) is 11.3 Å². The standard InChI is InChI=1S/C15H17N3O3S/c19-22(20,21-13-9-5-2-6-10-13)15-17-14(11-16-18-15)12-7-3-1-4-8-12/h1,3-4,7-8,11,13H,2,5-6,9-10H2. The molecule has 1 aliphatic rings. The van der Waals surface area contributed by atoms with Gasteiger partial charge in [0.1, 0.15) is 0 Å². The molecule has 1 aromatic heterocycles. The van der Waals surface area contributed by atoms with Crippen molar-refractivity contribution in [2.24, 2.45) is 0 Å². The number of aromatic nitrogens is 3. The third-order valence-corrected chi connectivity index (χ3v) is 4.79. The van der Waals surface area contributed by atoms with Crippen molar-refractivity contribution < 1.29 is 12.6 Å². The highest BCUT2D eigenvalue weighted by atomic mass is 32.2. The van der Waals surface area contributed by atoms with Crippen LogP contribution in [0, 0.1) is 0 Å². The van der Waals surface area contributed by atoms with E-state index in [0.29, 0.717) is 5.69 Å². The first-order valence-electron chi connectivity index (χ1n) is 7.33. The minimum atomic E-state index is -3.98. The second kappa shape index (κ2) is 6.50. The highest BCUT2D eigenvalue weighted by molar-refractivity contribution is 7.86. The molecule has 7 heteroatoms. The maximum Gasteiger partial charge on any atom is 0.335 e. The van der Waals surface area contributed by atoms with Crippen LogP contribution < -0.4 is 0 Å². The fraction of sp³-hybridized carbons (Fsp3) is 0.400. The van der Waals surface area contributed by atoms with E-state index in [0.717, 1.165) is 37.7 Å². The molecule has 0 atom stereocenters. The second-order valence-corrected chi connectivity index (χ2v) is 6.77. The highest BCUT2D eigenvalue weighted by Gasteiger charge is 2.26. The Balaban J connectivity index is 1.84. The summed E-state index contributed by atoms with van der Waals surface area (Å²) in [6, 6.07) is 9.25. The molecule has 0 aliphatic heterocycles. The normalized spacial score (nSPS) is 16.5. The van der Waals surface area contributed by atoms with Crippen molar-refractivity contribution in [2.75, 3.05) is 0 Å². The molecule has 1 aromatic carbocycles. The lowest BCUT2D eigenvalue weighted by molar-refractivity contribution is 0.160. The Morgan fingerprint density at radius 1 is 1.05 bits per heavy atom. The van der Waals surface area contributed by atoms with Crippen LogP contribution in [-0.4, -0.2) is 29.7 Å². The van der Waals surface area contributed by atoms with Crippen molar-refractivity contribution in [1.29, 1.82) is 0 Å². The van der Waals surface area contributed by atoms with Gasteiger partial charge in [-0.1, -0.05) is 49.6 Å². The minimum Gasteiger partial charge on any atom is -0.261 e. The summed E-state index contributed by atoms with van der Waals surface area (Å²) in [5.74, 6) is 0. The molecule has 2 aromatic rings. The Kier molecular flexibility index (Phi) is 4.44. The third-order valence-electron chi connectivity index (χ3n) is 3.65. The maximum absolute atomic E-state index is 12.3. The zero-order chi connectivity index (χ0) is 15.4. The van der Waals surface area contributed by atoms with E-state index < -0.39 is 10.1 Å². The van der Waals surface area contributed by atoms with Gasteiger partial charge in [-0.2, -0.15) is 13.5 Å². The molecule has 22 heavy (non-hydrogen) atoms. The van der Waals surface area contributed by atoms with E-state index in [-0.39, 0.29) is 11.3 Å². The Morgan fingerprint density at radius 3 is 2.50 bits per heavy atom. The number of nitrogens with zero attached hydrogens (tertiary/aromatic N) is 3. The lowest BCUT2D eigenvalue weighted by Crippen LogP contribution is -2.22. The minimum absolute atomic E-state index is 0.275. The van der Waals surface area contributed by atoms with Gasteiger partial charge in [0.15, 0.2) is 0 Å². The largest absolute Gasteiger partial charge is 0.335 e. The van der Waals surface area contributed by atoms with Gasteiger partial charge in [-0.25, -0.2) is 4.98 Å². The summed E-state index contributed by atoms with van der Waals surface area (Å²) >= 11 is 0. The van der Waals surface area contributed by atoms with Crippen LogP contribution >= 0.6 is 0 Å². The van der Waals surface area contributed by atoms with Gasteiger partial charge in [0.05, 0.1) is 18.0 Å². The van der Waals surface area contributed by atoms with Gasteiger partial charge < -0.3 is 0 Å². The van der Waals surface area contributed by atoms with E-state index in [4.69, 9.17) is 4.18 Å². The van der Waals surface area contributed by atoms with Crippen LogP contribution in [0.2, 0.25) is 0 Å². The smallest absolute Gasteiger partial charge is 0.261 e. The second-order valence-electron chi connectivity index (χ2n) is 5.30. The Morgan fingerprint density at radius 2 is 1.77 bits per heavy atom. The number of hydrogen-bond acceptors (Lipinski definition) is 6. The van der Waals surface area contributed by atoms with E-state index in [1.54, 1.807) is 0 Å². The van der Waals surface area contributed by atoms with Gasteiger partial charge in [-0.05, 0) is 12.8 Å². The average Bonchev–Trinajstić information content (AvgIpc) is 2.56. The molecule has 0 bridgehead atoms. The quantitative estimate of drug-likeness (QED) is 0.806. The van der Waals surface area contributed by atoms with Crippen molar-refractivity contribution in [3.05, 3.63) is 36.5 Å². The SMILES string of the molecule is O=S(=O)(OC1CCCCC1)c1nncc(-c2ccccc2)n1. The van der Waals surface area contributed by atoms with Gasteiger partial charge in [-0.3, -0.25) is 4.18 Å². The van der Waals surface area contributed by atoms with Crippen molar-refractivity contribution >= 4 is 10.1 Å². The molecule has 116 valence electrons. The molecule has 0 N–H and O–H groups in total. The number of benzene rings is 1. The topological polar surface area (TPSA) is 82.0 Å². The summed E-state index contributed by atoms with van der Waals surface area (Å²) in [4.78, 5) is 4.09. The summed E-state index contributed by atoms with van der Waals surface area (Å²) in [6.07, 6.45) is 5.78. The first-order chi connectivity index (χ1) is 10.6. The molecule has 0 unspecified atom stereocenters. The van der Waals surface area contributed by atoms with Crippen molar-refractivity contribution in [3.8, 4) is 11.3 Å². The third kappa shape index (κ3) is 3.48. The predicted octanol–water partition coefficient (Wildman–Crippen LogP) is 2.58. The van der Waals surface area contributed by atoms with Gasteiger partial charge in [0.2, 0.25) is 0 Å². The molecule has 0 spiro atoms. The first kappa shape index (κ1) is 15.1. The van der Waals surface area contributed by atoms with Crippen molar-refractivity contribution in [3.63, 3.8) is 0 Å². The number of hydrogen-bond donors (Lipinski definition) is 0. The lowest BCUT2D eigenvalue weighted by Gasteiger charge is -2.20. The van der Waals surface area contributed by atoms with Crippen LogP contribution in [0.4, 0.5) is 0 Å². The number of rotatable bonds is 4. The fourth-order valence-electron chi connectivity index (χ4n) is 2.52. The molecule has 1 aliphatic carbocycles. The van der Waals surface area contributed by atoms with Crippen LogP contribution in [-0.2, 0) is 14.3 Å². The van der Waals surface area contributed by atoms with Crippen LogP contribution in [0.1, 0.15) is 32.1 Å². The monoisotopic (exact) mass is 319 g/mol.